The van der Waals surface area contributed by atoms with Gasteiger partial charge in [0.1, 0.15) is 0 Å². The zero-order valence-corrected chi connectivity index (χ0v) is 12.4. The number of nitrogens with one attached hydrogen (secondary N) is 1. The van der Waals surface area contributed by atoms with Crippen LogP contribution < -0.4 is 0 Å². The van der Waals surface area contributed by atoms with Crippen LogP contribution in [-0.2, 0) is 6.42 Å². The van der Waals surface area contributed by atoms with Crippen molar-refractivity contribution in [2.24, 2.45) is 0 Å². The smallest absolute Gasteiger partial charge is 0.169 e. The maximum Gasteiger partial charge on any atom is 0.169 e. The topological polar surface area (TPSA) is 32.9 Å². The molecule has 0 aliphatic rings. The van der Waals surface area contributed by atoms with E-state index in [9.17, 15) is 13.6 Å². The Labute approximate surface area is 127 Å². The molecule has 3 aromatic rings. The monoisotopic (exact) mass is 349 g/mol. The number of carbonyl (C=O) groups is 1. The largest absolute Gasteiger partial charge is 0.360 e. The second kappa shape index (κ2) is 5.41. The van der Waals surface area contributed by atoms with E-state index in [4.69, 9.17) is 0 Å². The summed E-state index contributed by atoms with van der Waals surface area (Å²) in [6.07, 6.45) is 1.67. The van der Waals surface area contributed by atoms with Crippen molar-refractivity contribution in [1.29, 1.82) is 0 Å². The van der Waals surface area contributed by atoms with E-state index >= 15 is 0 Å². The van der Waals surface area contributed by atoms with Crippen molar-refractivity contribution in [2.75, 3.05) is 0 Å². The minimum atomic E-state index is -0.942. The third kappa shape index (κ3) is 2.74. The van der Waals surface area contributed by atoms with Crippen LogP contribution in [0.2, 0.25) is 0 Å². The van der Waals surface area contributed by atoms with Crippen LogP contribution in [0.1, 0.15) is 15.9 Å². The molecule has 0 radical (unpaired) electrons. The Bertz CT molecular complexity index is 841. The number of hydrogen-bond acceptors (Lipinski definition) is 1. The van der Waals surface area contributed by atoms with E-state index in [2.05, 4.69) is 20.9 Å². The average molecular weight is 350 g/mol. The maximum absolute atomic E-state index is 13.2. The first-order valence-corrected chi connectivity index (χ1v) is 7.07. The van der Waals surface area contributed by atoms with Crippen molar-refractivity contribution in [2.45, 2.75) is 6.42 Å². The number of benzene rings is 2. The summed E-state index contributed by atoms with van der Waals surface area (Å²) >= 11 is 3.37. The van der Waals surface area contributed by atoms with Crippen molar-refractivity contribution in [3.05, 3.63) is 69.8 Å². The standard InChI is InChI=1S/C16H10BrF2NO/c17-10-2-3-11-12(8-20-15(11)7-10)16(21)6-9-1-4-13(18)14(19)5-9/h1-5,7-8,20H,6H2. The molecule has 0 aliphatic carbocycles. The van der Waals surface area contributed by atoms with Gasteiger partial charge in [0.05, 0.1) is 0 Å². The Hall–Kier alpha value is -2.01. The minimum Gasteiger partial charge on any atom is -0.360 e. The third-order valence-electron chi connectivity index (χ3n) is 3.29. The van der Waals surface area contributed by atoms with Crippen LogP contribution in [0.15, 0.2) is 47.1 Å². The van der Waals surface area contributed by atoms with E-state index in [-0.39, 0.29) is 12.2 Å². The van der Waals surface area contributed by atoms with Gasteiger partial charge in [0.15, 0.2) is 17.4 Å². The number of ketones is 1. The second-order valence-corrected chi connectivity index (χ2v) is 5.66. The SMILES string of the molecule is O=C(Cc1ccc(F)c(F)c1)c1c[nH]c2cc(Br)ccc12. The molecule has 1 N–H and O–H groups in total. The minimum absolute atomic E-state index is 0.0280. The lowest BCUT2D eigenvalue weighted by Crippen LogP contribution is -2.03. The van der Waals surface area contributed by atoms with Gasteiger partial charge in [-0.3, -0.25) is 4.79 Å². The normalized spacial score (nSPS) is 11.0. The molecule has 2 nitrogen and oxygen atoms in total. The Morgan fingerprint density at radius 1 is 1.10 bits per heavy atom. The average Bonchev–Trinajstić information content (AvgIpc) is 2.85. The summed E-state index contributed by atoms with van der Waals surface area (Å²) in [6, 6.07) is 9.08. The van der Waals surface area contributed by atoms with Crippen molar-refractivity contribution < 1.29 is 13.6 Å². The number of aromatic nitrogens is 1. The first-order valence-electron chi connectivity index (χ1n) is 6.28. The number of rotatable bonds is 3. The molecular weight excluding hydrogens is 340 g/mol. The van der Waals surface area contributed by atoms with Crippen LogP contribution in [0.4, 0.5) is 8.78 Å². The summed E-state index contributed by atoms with van der Waals surface area (Å²) in [6.45, 7) is 0. The van der Waals surface area contributed by atoms with Gasteiger partial charge in [-0.25, -0.2) is 8.78 Å². The van der Waals surface area contributed by atoms with Gasteiger partial charge in [0, 0.05) is 33.6 Å². The zero-order valence-electron chi connectivity index (χ0n) is 10.8. The number of halogens is 3. The number of fused-ring (bicyclic) bond motifs is 1. The number of carbonyl (C=O) groups excluding carboxylic acids is 1. The lowest BCUT2D eigenvalue weighted by Gasteiger charge is -2.02. The van der Waals surface area contributed by atoms with E-state index in [1.807, 2.05) is 18.2 Å². The summed E-state index contributed by atoms with van der Waals surface area (Å²) in [4.78, 5) is 15.4. The van der Waals surface area contributed by atoms with Gasteiger partial charge in [-0.2, -0.15) is 0 Å². The Balaban J connectivity index is 1.91. The maximum atomic E-state index is 13.2. The van der Waals surface area contributed by atoms with Gasteiger partial charge in [-0.05, 0) is 29.8 Å². The lowest BCUT2D eigenvalue weighted by molar-refractivity contribution is 0.0994. The molecule has 106 valence electrons. The van der Waals surface area contributed by atoms with E-state index in [1.165, 1.54) is 6.07 Å². The molecule has 21 heavy (non-hydrogen) atoms. The van der Waals surface area contributed by atoms with Crippen LogP contribution in [0.5, 0.6) is 0 Å². The molecule has 0 amide bonds. The molecule has 0 spiro atoms. The molecule has 1 aromatic heterocycles. The Kier molecular flexibility index (Phi) is 3.59. The molecule has 5 heteroatoms. The summed E-state index contributed by atoms with van der Waals surface area (Å²) in [5.41, 5.74) is 1.84. The van der Waals surface area contributed by atoms with Gasteiger partial charge < -0.3 is 4.98 Å². The summed E-state index contributed by atoms with van der Waals surface area (Å²) in [5, 5.41) is 0.811. The molecule has 0 unspecified atom stereocenters. The summed E-state index contributed by atoms with van der Waals surface area (Å²) < 4.78 is 27.0. The molecule has 0 bridgehead atoms. The molecule has 0 saturated carbocycles. The molecule has 0 saturated heterocycles. The van der Waals surface area contributed by atoms with Gasteiger partial charge in [-0.1, -0.05) is 28.1 Å². The van der Waals surface area contributed by atoms with Gasteiger partial charge >= 0.3 is 0 Å². The predicted molar refractivity (Wildman–Crippen MR) is 80.4 cm³/mol. The molecule has 0 atom stereocenters. The molecule has 0 aliphatic heterocycles. The van der Waals surface area contributed by atoms with Crippen LogP contribution in [0, 0.1) is 11.6 Å². The fraction of sp³-hybridized carbons (Fsp3) is 0.0625. The van der Waals surface area contributed by atoms with Crippen molar-refractivity contribution in [3.8, 4) is 0 Å². The zero-order chi connectivity index (χ0) is 15.0. The highest BCUT2D eigenvalue weighted by molar-refractivity contribution is 9.10. The Morgan fingerprint density at radius 2 is 1.90 bits per heavy atom. The first-order chi connectivity index (χ1) is 10.0. The van der Waals surface area contributed by atoms with Gasteiger partial charge in [0.2, 0.25) is 0 Å². The fourth-order valence-corrected chi connectivity index (χ4v) is 2.62. The quantitative estimate of drug-likeness (QED) is 0.686. The predicted octanol–water partition coefficient (Wildman–Crippen LogP) is 4.63. The molecule has 0 fully saturated rings. The highest BCUT2D eigenvalue weighted by atomic mass is 79.9. The molecule has 3 rings (SSSR count). The highest BCUT2D eigenvalue weighted by Gasteiger charge is 2.14. The van der Waals surface area contributed by atoms with Gasteiger partial charge in [0.25, 0.3) is 0 Å². The number of aromatic amines is 1. The van der Waals surface area contributed by atoms with E-state index < -0.39 is 11.6 Å². The van der Waals surface area contributed by atoms with Crippen LogP contribution in [0.3, 0.4) is 0 Å². The second-order valence-electron chi connectivity index (χ2n) is 4.74. The van der Waals surface area contributed by atoms with Gasteiger partial charge in [-0.15, -0.1) is 0 Å². The Morgan fingerprint density at radius 3 is 2.67 bits per heavy atom. The number of Topliss-reactive ketones (excluding diaryl/α,β-unsaturated/α-hetero) is 1. The van der Waals surface area contributed by atoms with Crippen molar-refractivity contribution in [3.63, 3.8) is 0 Å². The first kappa shape index (κ1) is 13.9. The summed E-state index contributed by atoms with van der Waals surface area (Å²) in [5.74, 6) is -2.00. The molecular formula is C16H10BrF2NO. The number of H-pyrrole nitrogens is 1. The van der Waals surface area contributed by atoms with E-state index in [0.717, 1.165) is 27.5 Å². The molecule has 1 heterocycles. The van der Waals surface area contributed by atoms with Crippen LogP contribution in [0.25, 0.3) is 10.9 Å². The highest BCUT2D eigenvalue weighted by Crippen LogP contribution is 2.23. The van der Waals surface area contributed by atoms with Crippen molar-refractivity contribution in [1.82, 2.24) is 4.98 Å². The van der Waals surface area contributed by atoms with Crippen LogP contribution >= 0.6 is 15.9 Å². The van der Waals surface area contributed by atoms with E-state index in [1.54, 1.807) is 6.20 Å². The third-order valence-corrected chi connectivity index (χ3v) is 3.79. The lowest BCUT2D eigenvalue weighted by atomic mass is 10.0. The van der Waals surface area contributed by atoms with Crippen molar-refractivity contribution >= 4 is 32.6 Å². The van der Waals surface area contributed by atoms with E-state index in [0.29, 0.717) is 11.1 Å². The summed E-state index contributed by atoms with van der Waals surface area (Å²) in [7, 11) is 0. The molecule has 2 aromatic carbocycles. The number of hydrogen-bond donors (Lipinski definition) is 1. The van der Waals surface area contributed by atoms with Crippen LogP contribution in [-0.4, -0.2) is 10.8 Å². The fourth-order valence-electron chi connectivity index (χ4n) is 2.26.